The molecule has 1 fully saturated rings. The van der Waals surface area contributed by atoms with Crippen LogP contribution in [0.3, 0.4) is 0 Å². The standard InChI is InChI=1S/C54H36B3N3/c1-4-16-37(17-5-1)40-28-31-52-46(34-40)43-22-10-13-25-49(43)55-58(52)56-50-26-14-11-23-44(50)47-35-42(39-20-8-3-9-21-39)30-33-54(47)60(56)57-51-27-15-12-24-45(51)48-36-41(29-32-53(48)59(55)57)38-18-6-2-7-19-38/h1-36H. The van der Waals surface area contributed by atoms with E-state index in [1.54, 1.807) is 0 Å². The number of rotatable bonds is 3. The van der Waals surface area contributed by atoms with Crippen molar-refractivity contribution in [2.75, 3.05) is 14.2 Å². The average Bonchev–Trinajstić information content (AvgIpc) is 3.34. The third-order valence-corrected chi connectivity index (χ3v) is 13.3. The van der Waals surface area contributed by atoms with Crippen LogP contribution in [0.25, 0.3) is 66.8 Å². The van der Waals surface area contributed by atoms with Crippen LogP contribution in [0.5, 0.6) is 0 Å². The molecule has 9 aromatic carbocycles. The highest BCUT2D eigenvalue weighted by atomic mass is 15.3. The first-order chi connectivity index (χ1) is 29.8. The summed E-state index contributed by atoms with van der Waals surface area (Å²) in [4.78, 5) is 0. The Hall–Kier alpha value is -7.43. The summed E-state index contributed by atoms with van der Waals surface area (Å²) in [5.74, 6) is 0. The van der Waals surface area contributed by atoms with E-state index in [1.807, 2.05) is 0 Å². The van der Waals surface area contributed by atoms with Gasteiger partial charge in [0.1, 0.15) is 0 Å². The smallest absolute Gasteiger partial charge is 0.389 e. The Kier molecular flexibility index (Phi) is 7.29. The van der Waals surface area contributed by atoms with Crippen molar-refractivity contribution in [3.05, 3.63) is 218 Å². The number of fused-ring (bicyclic) bond motifs is 21. The summed E-state index contributed by atoms with van der Waals surface area (Å²) >= 11 is 0. The van der Waals surface area contributed by atoms with Gasteiger partial charge in [0, 0.05) is 33.8 Å². The molecule has 1 saturated heterocycles. The molecule has 0 bridgehead atoms. The van der Waals surface area contributed by atoms with Gasteiger partial charge in [-0.1, -0.05) is 182 Å². The average molecular weight is 759 g/mol. The lowest BCUT2D eigenvalue weighted by Crippen LogP contribution is -2.88. The fourth-order valence-electron chi connectivity index (χ4n) is 10.8. The van der Waals surface area contributed by atoms with Crippen LogP contribution in [0.15, 0.2) is 218 Å². The number of hydrogen-bond acceptors (Lipinski definition) is 3. The van der Waals surface area contributed by atoms with Crippen molar-refractivity contribution in [1.29, 1.82) is 0 Å². The Balaban J connectivity index is 1.11. The third kappa shape index (κ3) is 4.82. The first kappa shape index (κ1) is 33.5. The molecule has 4 heterocycles. The van der Waals surface area contributed by atoms with E-state index in [0.29, 0.717) is 0 Å². The molecule has 3 nitrogen and oxygen atoms in total. The number of hydrogen-bond donors (Lipinski definition) is 0. The van der Waals surface area contributed by atoms with E-state index in [4.69, 9.17) is 0 Å². The van der Waals surface area contributed by atoms with Crippen molar-refractivity contribution in [3.8, 4) is 66.8 Å². The Morgan fingerprint density at radius 1 is 0.217 bits per heavy atom. The predicted molar refractivity (Wildman–Crippen MR) is 256 cm³/mol. The maximum Gasteiger partial charge on any atom is 0.389 e. The number of anilines is 3. The molecule has 9 aromatic rings. The molecule has 0 spiro atoms. The van der Waals surface area contributed by atoms with E-state index in [0.717, 1.165) is 0 Å². The molecular weight excluding hydrogens is 723 g/mol. The summed E-state index contributed by atoms with van der Waals surface area (Å²) in [6.07, 6.45) is 0. The summed E-state index contributed by atoms with van der Waals surface area (Å²) in [5, 5.41) is 0. The second-order valence-electron chi connectivity index (χ2n) is 16.4. The first-order valence-electron chi connectivity index (χ1n) is 21.0. The van der Waals surface area contributed by atoms with Crippen LogP contribution in [0.1, 0.15) is 0 Å². The van der Waals surface area contributed by atoms with Gasteiger partial charge in [-0.3, -0.25) is 0 Å². The van der Waals surface area contributed by atoms with E-state index < -0.39 is 0 Å². The maximum atomic E-state index is 2.75. The zero-order valence-corrected chi connectivity index (χ0v) is 32.9. The van der Waals surface area contributed by atoms with E-state index in [-0.39, 0.29) is 20.9 Å². The number of benzene rings is 9. The van der Waals surface area contributed by atoms with Crippen molar-refractivity contribution >= 4 is 54.4 Å². The van der Waals surface area contributed by atoms with Crippen LogP contribution in [0, 0.1) is 0 Å². The van der Waals surface area contributed by atoms with E-state index in [1.165, 1.54) is 100 Å². The Labute approximate surface area is 352 Å². The minimum atomic E-state index is -0.101. The van der Waals surface area contributed by atoms with Crippen LogP contribution < -0.4 is 30.6 Å². The molecule has 0 N–H and O–H groups in total. The summed E-state index contributed by atoms with van der Waals surface area (Å²) in [6, 6.07) is 81.4. The summed E-state index contributed by atoms with van der Waals surface area (Å²) in [6.45, 7) is -0.304. The van der Waals surface area contributed by atoms with Gasteiger partial charge < -0.3 is 14.2 Å². The molecule has 0 unspecified atom stereocenters. The molecule has 13 rings (SSSR count). The normalized spacial score (nSPS) is 13.8. The van der Waals surface area contributed by atoms with Crippen molar-refractivity contribution in [2.24, 2.45) is 0 Å². The second-order valence-corrected chi connectivity index (χ2v) is 16.4. The van der Waals surface area contributed by atoms with Crippen LogP contribution in [-0.4, -0.2) is 20.9 Å². The van der Waals surface area contributed by atoms with Crippen molar-refractivity contribution < 1.29 is 0 Å². The predicted octanol–water partition coefficient (Wildman–Crippen LogP) is 10.6. The lowest BCUT2D eigenvalue weighted by atomic mass is 9.34. The highest BCUT2D eigenvalue weighted by Gasteiger charge is 2.61. The highest BCUT2D eigenvalue weighted by molar-refractivity contribution is 7.16. The van der Waals surface area contributed by atoms with Gasteiger partial charge in [-0.15, -0.1) is 0 Å². The van der Waals surface area contributed by atoms with E-state index in [2.05, 4.69) is 233 Å². The van der Waals surface area contributed by atoms with Gasteiger partial charge >= 0.3 is 20.9 Å². The molecule has 6 heteroatoms. The largest absolute Gasteiger partial charge is 0.416 e. The number of nitrogens with zero attached hydrogens (tertiary/aromatic N) is 3. The topological polar surface area (TPSA) is 9.72 Å². The zero-order chi connectivity index (χ0) is 39.3. The second kappa shape index (κ2) is 13.0. The summed E-state index contributed by atoms with van der Waals surface area (Å²) in [7, 11) is 0. The van der Waals surface area contributed by atoms with E-state index >= 15 is 0 Å². The summed E-state index contributed by atoms with van der Waals surface area (Å²) < 4.78 is 8.25. The molecule has 0 aliphatic carbocycles. The van der Waals surface area contributed by atoms with E-state index in [9.17, 15) is 0 Å². The molecule has 0 amide bonds. The summed E-state index contributed by atoms with van der Waals surface area (Å²) in [5.41, 5.74) is 22.7. The fourth-order valence-corrected chi connectivity index (χ4v) is 10.8. The van der Waals surface area contributed by atoms with Crippen LogP contribution in [-0.2, 0) is 0 Å². The van der Waals surface area contributed by atoms with Gasteiger partial charge in [-0.25, -0.2) is 0 Å². The van der Waals surface area contributed by atoms with Crippen molar-refractivity contribution in [1.82, 2.24) is 0 Å². The lowest BCUT2D eigenvalue weighted by Gasteiger charge is -2.61. The van der Waals surface area contributed by atoms with Crippen LogP contribution in [0.4, 0.5) is 17.1 Å². The Morgan fingerprint density at radius 2 is 0.483 bits per heavy atom. The monoisotopic (exact) mass is 759 g/mol. The van der Waals surface area contributed by atoms with Gasteiger partial charge in [0.05, 0.1) is 0 Å². The van der Waals surface area contributed by atoms with Crippen LogP contribution in [0.2, 0.25) is 0 Å². The third-order valence-electron chi connectivity index (χ3n) is 13.3. The minimum absolute atomic E-state index is 0.101. The van der Waals surface area contributed by atoms with Gasteiger partial charge in [-0.05, 0) is 103 Å². The minimum Gasteiger partial charge on any atom is -0.416 e. The molecule has 0 radical (unpaired) electrons. The zero-order valence-electron chi connectivity index (χ0n) is 32.9. The molecule has 4 aliphatic rings. The maximum absolute atomic E-state index is 2.75. The molecule has 0 aromatic heterocycles. The van der Waals surface area contributed by atoms with Crippen LogP contribution >= 0.6 is 0 Å². The Bertz CT molecular complexity index is 2800. The fraction of sp³-hybridized carbons (Fsp3) is 0. The van der Waals surface area contributed by atoms with Gasteiger partial charge in [-0.2, -0.15) is 0 Å². The molecular formula is C54H36B3N3. The van der Waals surface area contributed by atoms with Crippen molar-refractivity contribution in [3.63, 3.8) is 0 Å². The first-order valence-corrected chi connectivity index (χ1v) is 21.0. The Morgan fingerprint density at radius 3 is 0.783 bits per heavy atom. The molecule has 0 saturated carbocycles. The molecule has 4 aliphatic heterocycles. The molecule has 0 atom stereocenters. The lowest BCUT2D eigenvalue weighted by molar-refractivity contribution is 1.27. The SMILES string of the molecule is c1ccc(-c2ccc3c(c2)-c2ccccc2B2N3B3c4ccccc4-c4cc(-c5ccccc5)ccc4N3B3c4ccccc4-c4cc(-c5ccccc5)ccc4N23)cc1. The van der Waals surface area contributed by atoms with Gasteiger partial charge in [0.15, 0.2) is 0 Å². The molecule has 60 heavy (non-hydrogen) atoms. The molecule has 276 valence electrons. The highest BCUT2D eigenvalue weighted by Crippen LogP contribution is 2.50. The van der Waals surface area contributed by atoms with Gasteiger partial charge in [0.2, 0.25) is 0 Å². The van der Waals surface area contributed by atoms with Gasteiger partial charge in [0.25, 0.3) is 0 Å². The van der Waals surface area contributed by atoms with Crippen molar-refractivity contribution in [2.45, 2.75) is 0 Å². The quantitative estimate of drug-likeness (QED) is 0.166.